The molecule has 5 heteroatoms. The molecular formula is C11H22N2O3. The van der Waals surface area contributed by atoms with Crippen molar-refractivity contribution in [3.63, 3.8) is 0 Å². The first kappa shape index (κ1) is 14.7. The van der Waals surface area contributed by atoms with Gasteiger partial charge in [-0.1, -0.05) is 20.3 Å². The molecule has 0 aromatic heterocycles. The van der Waals surface area contributed by atoms with Crippen molar-refractivity contribution in [2.45, 2.75) is 33.6 Å². The molecule has 0 bridgehead atoms. The quantitative estimate of drug-likeness (QED) is 0.697. The van der Waals surface area contributed by atoms with Gasteiger partial charge < -0.3 is 15.3 Å². The van der Waals surface area contributed by atoms with E-state index in [0.29, 0.717) is 6.54 Å². The molecule has 0 aromatic carbocycles. The summed E-state index contributed by atoms with van der Waals surface area (Å²) in [4.78, 5) is 23.9. The molecule has 2 amide bonds. The molecule has 0 heterocycles. The van der Waals surface area contributed by atoms with Gasteiger partial charge in [-0.15, -0.1) is 0 Å². The fraction of sp³-hybridized carbons (Fsp3) is 0.818. The van der Waals surface area contributed by atoms with Gasteiger partial charge in [-0.3, -0.25) is 4.79 Å². The number of nitrogens with one attached hydrogen (secondary N) is 1. The van der Waals surface area contributed by atoms with Crippen molar-refractivity contribution in [1.29, 1.82) is 0 Å². The summed E-state index contributed by atoms with van der Waals surface area (Å²) < 4.78 is 0. The van der Waals surface area contributed by atoms with E-state index >= 15 is 0 Å². The summed E-state index contributed by atoms with van der Waals surface area (Å²) in [6.07, 6.45) is 2.01. The van der Waals surface area contributed by atoms with Crippen molar-refractivity contribution >= 4 is 12.0 Å². The maximum absolute atomic E-state index is 11.6. The lowest BCUT2D eigenvalue weighted by Crippen LogP contribution is -2.42. The third-order valence-corrected chi connectivity index (χ3v) is 2.43. The lowest BCUT2D eigenvalue weighted by atomic mass is 10.2. The number of urea groups is 1. The minimum atomic E-state index is -0.892. The van der Waals surface area contributed by atoms with E-state index in [2.05, 4.69) is 12.2 Å². The van der Waals surface area contributed by atoms with Crippen molar-refractivity contribution in [3.05, 3.63) is 0 Å². The summed E-state index contributed by atoms with van der Waals surface area (Å²) in [5.41, 5.74) is 0. The van der Waals surface area contributed by atoms with Gasteiger partial charge in [-0.2, -0.15) is 0 Å². The molecule has 16 heavy (non-hydrogen) atoms. The van der Waals surface area contributed by atoms with Gasteiger partial charge >= 0.3 is 12.0 Å². The van der Waals surface area contributed by atoms with E-state index in [1.165, 1.54) is 0 Å². The van der Waals surface area contributed by atoms with E-state index in [0.717, 1.165) is 19.4 Å². The highest BCUT2D eigenvalue weighted by atomic mass is 16.4. The zero-order chi connectivity index (χ0) is 12.6. The Morgan fingerprint density at radius 1 is 1.38 bits per heavy atom. The number of amides is 2. The first-order valence-corrected chi connectivity index (χ1v) is 5.78. The van der Waals surface area contributed by atoms with Crippen LogP contribution in [0.2, 0.25) is 0 Å². The fourth-order valence-corrected chi connectivity index (χ4v) is 1.19. The van der Waals surface area contributed by atoms with Gasteiger partial charge in [0.15, 0.2) is 0 Å². The van der Waals surface area contributed by atoms with Gasteiger partial charge in [0.2, 0.25) is 0 Å². The zero-order valence-electron chi connectivity index (χ0n) is 10.3. The van der Waals surface area contributed by atoms with Crippen LogP contribution in [0.3, 0.4) is 0 Å². The number of hydrogen-bond donors (Lipinski definition) is 2. The molecule has 0 spiro atoms. The van der Waals surface area contributed by atoms with E-state index in [1.807, 2.05) is 6.92 Å². The predicted octanol–water partition coefficient (Wildman–Crippen LogP) is 1.54. The highest BCUT2D eigenvalue weighted by molar-refractivity contribution is 5.75. The Hall–Kier alpha value is -1.26. The van der Waals surface area contributed by atoms with Gasteiger partial charge in [0.25, 0.3) is 0 Å². The molecule has 1 unspecified atom stereocenters. The SMILES string of the molecule is CCCCN(CC)C(=O)NCC(C)C(=O)O. The molecule has 0 rings (SSSR count). The van der Waals surface area contributed by atoms with Crippen LogP contribution in [0.4, 0.5) is 4.79 Å². The van der Waals surface area contributed by atoms with E-state index in [-0.39, 0.29) is 12.6 Å². The Labute approximate surface area is 96.8 Å². The lowest BCUT2D eigenvalue weighted by molar-refractivity contribution is -0.140. The average molecular weight is 230 g/mol. The molecular weight excluding hydrogens is 208 g/mol. The average Bonchev–Trinajstić information content (AvgIpc) is 2.26. The number of hydrogen-bond acceptors (Lipinski definition) is 2. The molecule has 0 aliphatic rings. The number of unbranched alkanes of at least 4 members (excludes halogenated alkanes) is 1. The number of carbonyl (C=O) groups is 2. The summed E-state index contributed by atoms with van der Waals surface area (Å²) in [6, 6.07) is -0.177. The van der Waals surface area contributed by atoms with Crippen molar-refractivity contribution < 1.29 is 14.7 Å². The van der Waals surface area contributed by atoms with Gasteiger partial charge in [-0.05, 0) is 13.3 Å². The normalized spacial score (nSPS) is 11.9. The number of carboxylic acid groups (broad SMARTS) is 1. The summed E-state index contributed by atoms with van der Waals surface area (Å²) in [7, 11) is 0. The van der Waals surface area contributed by atoms with Gasteiger partial charge in [-0.25, -0.2) is 4.79 Å². The molecule has 1 atom stereocenters. The number of carboxylic acids is 1. The molecule has 0 saturated carbocycles. The minimum Gasteiger partial charge on any atom is -0.481 e. The minimum absolute atomic E-state index is 0.177. The van der Waals surface area contributed by atoms with E-state index in [9.17, 15) is 9.59 Å². The van der Waals surface area contributed by atoms with Crippen molar-refractivity contribution in [1.82, 2.24) is 10.2 Å². The van der Waals surface area contributed by atoms with Crippen molar-refractivity contribution in [3.8, 4) is 0 Å². The van der Waals surface area contributed by atoms with Crippen LogP contribution in [-0.4, -0.2) is 41.6 Å². The number of carbonyl (C=O) groups excluding carboxylic acids is 1. The predicted molar refractivity (Wildman–Crippen MR) is 62.4 cm³/mol. The van der Waals surface area contributed by atoms with Gasteiger partial charge in [0.1, 0.15) is 0 Å². The topological polar surface area (TPSA) is 69.6 Å². The summed E-state index contributed by atoms with van der Waals surface area (Å²) in [5, 5.41) is 11.3. The van der Waals surface area contributed by atoms with Crippen LogP contribution in [-0.2, 0) is 4.79 Å². The van der Waals surface area contributed by atoms with Crippen LogP contribution >= 0.6 is 0 Å². The van der Waals surface area contributed by atoms with E-state index < -0.39 is 11.9 Å². The lowest BCUT2D eigenvalue weighted by Gasteiger charge is -2.21. The van der Waals surface area contributed by atoms with E-state index in [4.69, 9.17) is 5.11 Å². The third kappa shape index (κ3) is 5.58. The second-order valence-electron chi connectivity index (χ2n) is 3.86. The maximum Gasteiger partial charge on any atom is 0.317 e. The molecule has 0 saturated heterocycles. The van der Waals surface area contributed by atoms with Crippen LogP contribution in [0.1, 0.15) is 33.6 Å². The Balaban J connectivity index is 3.96. The zero-order valence-corrected chi connectivity index (χ0v) is 10.3. The second kappa shape index (κ2) is 7.96. The number of nitrogens with zero attached hydrogens (tertiary/aromatic N) is 1. The maximum atomic E-state index is 11.6. The van der Waals surface area contributed by atoms with Crippen LogP contribution in [0.5, 0.6) is 0 Å². The summed E-state index contributed by atoms with van der Waals surface area (Å²) >= 11 is 0. The third-order valence-electron chi connectivity index (χ3n) is 2.43. The highest BCUT2D eigenvalue weighted by Gasteiger charge is 2.15. The van der Waals surface area contributed by atoms with Gasteiger partial charge in [0, 0.05) is 19.6 Å². The monoisotopic (exact) mass is 230 g/mol. The Bertz CT molecular complexity index is 231. The van der Waals surface area contributed by atoms with Crippen LogP contribution in [0.15, 0.2) is 0 Å². The largest absolute Gasteiger partial charge is 0.481 e. The highest BCUT2D eigenvalue weighted by Crippen LogP contribution is 1.97. The van der Waals surface area contributed by atoms with Crippen molar-refractivity contribution in [2.24, 2.45) is 5.92 Å². The molecule has 94 valence electrons. The molecule has 0 aromatic rings. The summed E-state index contributed by atoms with van der Waals surface area (Å²) in [6.45, 7) is 7.10. The first-order chi connectivity index (χ1) is 7.52. The van der Waals surface area contributed by atoms with Crippen LogP contribution in [0.25, 0.3) is 0 Å². The number of rotatable bonds is 7. The van der Waals surface area contributed by atoms with Crippen LogP contribution in [0, 0.1) is 5.92 Å². The molecule has 2 N–H and O–H groups in total. The van der Waals surface area contributed by atoms with Gasteiger partial charge in [0.05, 0.1) is 5.92 Å². The fourth-order valence-electron chi connectivity index (χ4n) is 1.19. The first-order valence-electron chi connectivity index (χ1n) is 5.78. The summed E-state index contributed by atoms with van der Waals surface area (Å²) in [5.74, 6) is -1.44. The van der Waals surface area contributed by atoms with E-state index in [1.54, 1.807) is 11.8 Å². The standard InChI is InChI=1S/C11H22N2O3/c1-4-6-7-13(5-2)11(16)12-8-9(3)10(14)15/h9H,4-8H2,1-3H3,(H,12,16)(H,14,15). The number of aliphatic carboxylic acids is 1. The smallest absolute Gasteiger partial charge is 0.317 e. The Morgan fingerprint density at radius 3 is 2.44 bits per heavy atom. The molecule has 0 aliphatic heterocycles. The molecule has 0 aliphatic carbocycles. The molecule has 5 nitrogen and oxygen atoms in total. The molecule has 0 radical (unpaired) electrons. The Kier molecular flexibility index (Phi) is 7.33. The van der Waals surface area contributed by atoms with Crippen LogP contribution < -0.4 is 5.32 Å². The molecule has 0 fully saturated rings. The Morgan fingerprint density at radius 2 is 2.00 bits per heavy atom. The van der Waals surface area contributed by atoms with Crippen molar-refractivity contribution in [2.75, 3.05) is 19.6 Å². The second-order valence-corrected chi connectivity index (χ2v) is 3.86.